The van der Waals surface area contributed by atoms with Crippen molar-refractivity contribution in [2.45, 2.75) is 45.6 Å². The van der Waals surface area contributed by atoms with E-state index >= 15 is 0 Å². The molecule has 0 unspecified atom stereocenters. The van der Waals surface area contributed by atoms with Crippen molar-refractivity contribution in [1.82, 2.24) is 15.3 Å². The number of hydrogen-bond acceptors (Lipinski definition) is 5. The van der Waals surface area contributed by atoms with Crippen LogP contribution in [0.2, 0.25) is 0 Å². The van der Waals surface area contributed by atoms with Gasteiger partial charge in [-0.2, -0.15) is 0 Å². The molecule has 1 aromatic heterocycles. The van der Waals surface area contributed by atoms with Crippen LogP contribution in [-0.2, 0) is 11.2 Å². The molecule has 1 aliphatic rings. The fourth-order valence-electron chi connectivity index (χ4n) is 2.70. The molecule has 2 rings (SSSR count). The van der Waals surface area contributed by atoms with Gasteiger partial charge in [-0.25, -0.2) is 9.97 Å². The maximum absolute atomic E-state index is 11.1. The number of aromatic nitrogens is 2. The molecule has 0 saturated carbocycles. The monoisotopic (exact) mass is 277 g/mol. The van der Waals surface area contributed by atoms with Crippen LogP contribution in [-0.4, -0.2) is 35.0 Å². The van der Waals surface area contributed by atoms with E-state index in [1.54, 1.807) is 6.92 Å². The van der Waals surface area contributed by atoms with Gasteiger partial charge in [-0.3, -0.25) is 4.79 Å². The Hall–Kier alpha value is -1.85. The Balaban J connectivity index is 2.07. The lowest BCUT2D eigenvalue weighted by Gasteiger charge is -2.34. The molecule has 110 valence electrons. The second kappa shape index (κ2) is 6.54. The van der Waals surface area contributed by atoms with Gasteiger partial charge in [0.2, 0.25) is 5.91 Å². The van der Waals surface area contributed by atoms with Crippen LogP contribution in [0.1, 0.15) is 38.7 Å². The molecule has 1 fully saturated rings. The summed E-state index contributed by atoms with van der Waals surface area (Å²) >= 11 is 0. The molecule has 1 saturated heterocycles. The number of carbonyl (C=O) groups is 1. The van der Waals surface area contributed by atoms with Crippen LogP contribution in [0, 0.1) is 0 Å². The quantitative estimate of drug-likeness (QED) is 0.861. The van der Waals surface area contributed by atoms with Gasteiger partial charge in [0.05, 0.1) is 0 Å². The lowest BCUT2D eigenvalue weighted by molar-refractivity contribution is -0.119. The maximum Gasteiger partial charge on any atom is 0.217 e. The normalized spacial score (nSPS) is 16.2. The van der Waals surface area contributed by atoms with Crippen molar-refractivity contribution in [2.75, 3.05) is 23.7 Å². The van der Waals surface area contributed by atoms with E-state index in [0.29, 0.717) is 5.82 Å². The van der Waals surface area contributed by atoms with Gasteiger partial charge in [-0.05, 0) is 19.3 Å². The molecule has 1 amide bonds. The number of nitrogens with zero attached hydrogens (tertiary/aromatic N) is 3. The summed E-state index contributed by atoms with van der Waals surface area (Å²) in [7, 11) is 0. The first-order valence-corrected chi connectivity index (χ1v) is 7.23. The number of anilines is 2. The van der Waals surface area contributed by atoms with Gasteiger partial charge < -0.3 is 16.0 Å². The number of nitrogens with one attached hydrogen (secondary N) is 1. The molecule has 1 aliphatic heterocycles. The Bertz CT molecular complexity index is 469. The molecule has 0 bridgehead atoms. The molecule has 6 nitrogen and oxygen atoms in total. The minimum absolute atomic E-state index is 0.0430. The lowest BCUT2D eigenvalue weighted by Crippen LogP contribution is -2.44. The highest BCUT2D eigenvalue weighted by Gasteiger charge is 2.23. The molecule has 1 aromatic rings. The molecule has 0 aromatic carbocycles. The predicted octanol–water partition coefficient (Wildman–Crippen LogP) is 1.12. The van der Waals surface area contributed by atoms with Crippen molar-refractivity contribution < 1.29 is 4.79 Å². The van der Waals surface area contributed by atoms with E-state index in [2.05, 4.69) is 27.1 Å². The summed E-state index contributed by atoms with van der Waals surface area (Å²) < 4.78 is 0. The average molecular weight is 277 g/mol. The first kappa shape index (κ1) is 14.6. The number of rotatable bonds is 4. The third kappa shape index (κ3) is 3.37. The van der Waals surface area contributed by atoms with Gasteiger partial charge >= 0.3 is 0 Å². The van der Waals surface area contributed by atoms with Crippen molar-refractivity contribution in [3.8, 4) is 0 Å². The molecule has 6 heteroatoms. The number of nitrogen functional groups attached to an aromatic ring is 1. The van der Waals surface area contributed by atoms with Gasteiger partial charge in [-0.1, -0.05) is 13.3 Å². The van der Waals surface area contributed by atoms with E-state index < -0.39 is 0 Å². The number of carbonyl (C=O) groups excluding carboxylic acids is 1. The zero-order valence-corrected chi connectivity index (χ0v) is 12.2. The van der Waals surface area contributed by atoms with E-state index in [-0.39, 0.29) is 11.9 Å². The largest absolute Gasteiger partial charge is 0.383 e. The summed E-state index contributed by atoms with van der Waals surface area (Å²) in [6, 6.07) is 0.276. The molecule has 0 aliphatic carbocycles. The van der Waals surface area contributed by atoms with Crippen LogP contribution in [0.15, 0.2) is 6.33 Å². The highest BCUT2D eigenvalue weighted by Crippen LogP contribution is 2.25. The molecule has 3 N–H and O–H groups in total. The topological polar surface area (TPSA) is 84.1 Å². The van der Waals surface area contributed by atoms with Gasteiger partial charge in [0.1, 0.15) is 18.0 Å². The van der Waals surface area contributed by atoms with E-state index in [4.69, 9.17) is 5.73 Å². The Morgan fingerprint density at radius 1 is 1.45 bits per heavy atom. The fourth-order valence-corrected chi connectivity index (χ4v) is 2.70. The van der Waals surface area contributed by atoms with Crippen molar-refractivity contribution in [3.63, 3.8) is 0 Å². The van der Waals surface area contributed by atoms with Gasteiger partial charge in [0.15, 0.2) is 0 Å². The zero-order chi connectivity index (χ0) is 14.5. The van der Waals surface area contributed by atoms with Crippen molar-refractivity contribution >= 4 is 17.5 Å². The van der Waals surface area contributed by atoms with Crippen molar-refractivity contribution in [2.24, 2.45) is 0 Å². The van der Waals surface area contributed by atoms with E-state index in [1.807, 2.05) is 0 Å². The SMILES string of the molecule is CCCc1c(N)ncnc1N1CCC(NC(C)=O)CC1. The van der Waals surface area contributed by atoms with E-state index in [1.165, 1.54) is 6.33 Å². The third-order valence-corrected chi connectivity index (χ3v) is 3.66. The second-order valence-corrected chi connectivity index (χ2v) is 5.27. The Morgan fingerprint density at radius 2 is 2.15 bits per heavy atom. The third-order valence-electron chi connectivity index (χ3n) is 3.66. The summed E-state index contributed by atoms with van der Waals surface area (Å²) in [5, 5.41) is 2.98. The Kier molecular flexibility index (Phi) is 4.76. The minimum atomic E-state index is 0.0430. The average Bonchev–Trinajstić information content (AvgIpc) is 2.42. The molecular weight excluding hydrogens is 254 g/mol. The van der Waals surface area contributed by atoms with Crippen LogP contribution in [0.5, 0.6) is 0 Å². The number of piperidine rings is 1. The summed E-state index contributed by atoms with van der Waals surface area (Å²) in [5.41, 5.74) is 7.02. The number of hydrogen-bond donors (Lipinski definition) is 2. The highest BCUT2D eigenvalue weighted by atomic mass is 16.1. The summed E-state index contributed by atoms with van der Waals surface area (Å²) in [5.74, 6) is 1.59. The summed E-state index contributed by atoms with van der Waals surface area (Å²) in [4.78, 5) is 21.8. The Morgan fingerprint density at radius 3 is 2.75 bits per heavy atom. The van der Waals surface area contributed by atoms with Crippen LogP contribution >= 0.6 is 0 Å². The molecule has 20 heavy (non-hydrogen) atoms. The molecule has 0 spiro atoms. The summed E-state index contributed by atoms with van der Waals surface area (Å²) in [6.45, 7) is 5.46. The maximum atomic E-state index is 11.1. The van der Waals surface area contributed by atoms with E-state index in [9.17, 15) is 4.79 Å². The van der Waals surface area contributed by atoms with Gasteiger partial charge in [0.25, 0.3) is 0 Å². The number of nitrogens with two attached hydrogens (primary N) is 1. The van der Waals surface area contributed by atoms with Gasteiger partial charge in [0, 0.05) is 31.6 Å². The molecule has 0 radical (unpaired) electrons. The number of amides is 1. The smallest absolute Gasteiger partial charge is 0.217 e. The zero-order valence-electron chi connectivity index (χ0n) is 12.2. The highest BCUT2D eigenvalue weighted by molar-refractivity contribution is 5.73. The van der Waals surface area contributed by atoms with Gasteiger partial charge in [-0.15, -0.1) is 0 Å². The fraction of sp³-hybridized carbons (Fsp3) is 0.643. The van der Waals surface area contributed by atoms with Crippen LogP contribution in [0.25, 0.3) is 0 Å². The minimum Gasteiger partial charge on any atom is -0.383 e. The molecule has 0 atom stereocenters. The Labute approximate surface area is 119 Å². The van der Waals surface area contributed by atoms with Crippen molar-refractivity contribution in [1.29, 1.82) is 0 Å². The molecule has 2 heterocycles. The van der Waals surface area contributed by atoms with Crippen LogP contribution in [0.3, 0.4) is 0 Å². The first-order chi connectivity index (χ1) is 9.61. The van der Waals surface area contributed by atoms with Crippen molar-refractivity contribution in [3.05, 3.63) is 11.9 Å². The predicted molar refractivity (Wildman–Crippen MR) is 79.5 cm³/mol. The second-order valence-electron chi connectivity index (χ2n) is 5.27. The lowest BCUT2D eigenvalue weighted by atomic mass is 10.0. The summed E-state index contributed by atoms with van der Waals surface area (Å²) in [6.07, 6.45) is 5.33. The van der Waals surface area contributed by atoms with Crippen LogP contribution < -0.4 is 16.0 Å². The van der Waals surface area contributed by atoms with Crippen LogP contribution in [0.4, 0.5) is 11.6 Å². The van der Waals surface area contributed by atoms with E-state index in [0.717, 1.165) is 50.2 Å². The first-order valence-electron chi connectivity index (χ1n) is 7.23. The molecular formula is C14H23N5O. The standard InChI is InChI=1S/C14H23N5O/c1-3-4-12-13(15)16-9-17-14(12)19-7-5-11(6-8-19)18-10(2)20/h9,11H,3-8H2,1-2H3,(H,18,20)(H2,15,16,17).